The van der Waals surface area contributed by atoms with Gasteiger partial charge in [-0.25, -0.2) is 9.97 Å². The van der Waals surface area contributed by atoms with Gasteiger partial charge in [-0.2, -0.15) is 4.98 Å². The second-order valence-corrected chi connectivity index (χ2v) is 6.68. The van der Waals surface area contributed by atoms with Crippen LogP contribution in [0.2, 0.25) is 5.15 Å². The molecule has 1 fully saturated rings. The molecule has 1 aliphatic carbocycles. The Kier molecular flexibility index (Phi) is 5.95. The Balaban J connectivity index is 1.93. The number of nitrogens with two attached hydrogens (primary N) is 1. The van der Waals surface area contributed by atoms with E-state index in [1.165, 1.54) is 0 Å². The highest BCUT2D eigenvalue weighted by Gasteiger charge is 2.41. The first-order valence-electron chi connectivity index (χ1n) is 8.60. The summed E-state index contributed by atoms with van der Waals surface area (Å²) in [5.41, 5.74) is 6.83. The summed E-state index contributed by atoms with van der Waals surface area (Å²) in [6.45, 7) is 2.14. The van der Waals surface area contributed by atoms with E-state index in [2.05, 4.69) is 20.3 Å². The predicted molar refractivity (Wildman–Crippen MR) is 100 cm³/mol. The Bertz CT molecular complexity index is 792. The molecule has 2 aromatic heterocycles. The minimum Gasteiger partial charge on any atom is -0.478 e. The van der Waals surface area contributed by atoms with Gasteiger partial charge in [-0.1, -0.05) is 11.6 Å². The zero-order valence-corrected chi connectivity index (χ0v) is 15.5. The first-order valence-corrected chi connectivity index (χ1v) is 8.98. The molecule has 0 radical (unpaired) electrons. The largest absolute Gasteiger partial charge is 0.478 e. The van der Waals surface area contributed by atoms with Crippen molar-refractivity contribution in [2.24, 2.45) is 5.92 Å². The van der Waals surface area contributed by atoms with Crippen molar-refractivity contribution in [2.45, 2.75) is 31.6 Å². The Morgan fingerprint density at radius 3 is 2.67 bits per heavy atom. The summed E-state index contributed by atoms with van der Waals surface area (Å²) in [5, 5.41) is 32.8. The number of aromatic nitrogens is 3. The first-order chi connectivity index (χ1) is 12.9. The lowest BCUT2D eigenvalue weighted by atomic mass is 10.1. The zero-order chi connectivity index (χ0) is 19.6. The summed E-state index contributed by atoms with van der Waals surface area (Å²) in [4.78, 5) is 12.4. The van der Waals surface area contributed by atoms with Crippen LogP contribution in [-0.2, 0) is 0 Å². The molecule has 146 valence electrons. The third-order valence-corrected chi connectivity index (χ3v) is 4.83. The van der Waals surface area contributed by atoms with Gasteiger partial charge < -0.3 is 31.1 Å². The summed E-state index contributed by atoms with van der Waals surface area (Å²) in [6, 6.07) is 2.93. The molecule has 1 aliphatic rings. The van der Waals surface area contributed by atoms with Crippen LogP contribution in [0, 0.1) is 5.92 Å². The van der Waals surface area contributed by atoms with Crippen LogP contribution in [0.5, 0.6) is 5.88 Å². The van der Waals surface area contributed by atoms with Crippen molar-refractivity contribution < 1.29 is 20.1 Å². The predicted octanol–water partition coefficient (Wildman–Crippen LogP) is 0.687. The number of aliphatic hydroxyl groups excluding tert-OH is 3. The van der Waals surface area contributed by atoms with Crippen molar-refractivity contribution in [2.75, 3.05) is 24.3 Å². The number of rotatable bonds is 6. The summed E-state index contributed by atoms with van der Waals surface area (Å²) < 4.78 is 5.34. The number of nitrogen functional groups attached to an aromatic ring is 1. The van der Waals surface area contributed by atoms with Gasteiger partial charge in [0, 0.05) is 30.4 Å². The monoisotopic (exact) mass is 395 g/mol. The Labute approximate surface area is 161 Å². The minimum absolute atomic E-state index is 0.0307. The number of ether oxygens (including phenoxy) is 1. The number of halogens is 1. The molecular weight excluding hydrogens is 374 g/mol. The fraction of sp³-hybridized carbons (Fsp3) is 0.471. The Hall–Kier alpha value is -2.20. The average Bonchev–Trinajstić information content (AvgIpc) is 2.90. The number of nitrogens with one attached hydrogen (secondary N) is 1. The quantitative estimate of drug-likeness (QED) is 0.445. The Morgan fingerprint density at radius 2 is 2.07 bits per heavy atom. The molecule has 1 saturated carbocycles. The molecule has 0 saturated heterocycles. The summed E-state index contributed by atoms with van der Waals surface area (Å²) in [7, 11) is 0. The number of hydrogen-bond acceptors (Lipinski definition) is 9. The zero-order valence-electron chi connectivity index (χ0n) is 14.7. The van der Waals surface area contributed by atoms with Crippen molar-refractivity contribution in [3.63, 3.8) is 0 Å². The Morgan fingerprint density at radius 1 is 1.30 bits per heavy atom. The van der Waals surface area contributed by atoms with Crippen molar-refractivity contribution in [1.29, 1.82) is 0 Å². The molecule has 0 unspecified atom stereocenters. The van der Waals surface area contributed by atoms with E-state index in [-0.39, 0.29) is 17.7 Å². The molecule has 10 heteroatoms. The van der Waals surface area contributed by atoms with Gasteiger partial charge >= 0.3 is 0 Å². The van der Waals surface area contributed by atoms with Crippen molar-refractivity contribution in [3.8, 4) is 17.0 Å². The third-order valence-electron chi connectivity index (χ3n) is 4.56. The molecule has 4 atom stereocenters. The first kappa shape index (κ1) is 19.6. The SMILES string of the molecule is CCOc1ccc(-c2c(Cl)nc(N)nc2N[C@@H]2C[C@H](CO)[C@@H](O)[C@H]2O)cn1. The van der Waals surface area contributed by atoms with Gasteiger partial charge in [0.1, 0.15) is 17.1 Å². The van der Waals surface area contributed by atoms with Gasteiger partial charge in [0.05, 0.1) is 24.3 Å². The maximum absolute atomic E-state index is 10.3. The lowest BCUT2D eigenvalue weighted by Crippen LogP contribution is -2.35. The van der Waals surface area contributed by atoms with Gasteiger partial charge in [0.25, 0.3) is 0 Å². The third kappa shape index (κ3) is 4.06. The second kappa shape index (κ2) is 8.22. The lowest BCUT2D eigenvalue weighted by molar-refractivity contribution is 0.00446. The highest BCUT2D eigenvalue weighted by molar-refractivity contribution is 6.32. The van der Waals surface area contributed by atoms with Crippen molar-refractivity contribution in [1.82, 2.24) is 15.0 Å². The topological polar surface area (TPSA) is 147 Å². The minimum atomic E-state index is -1.07. The smallest absolute Gasteiger partial charge is 0.223 e. The van der Waals surface area contributed by atoms with Gasteiger partial charge in [0.15, 0.2) is 0 Å². The van der Waals surface area contributed by atoms with Crippen molar-refractivity contribution in [3.05, 3.63) is 23.5 Å². The van der Waals surface area contributed by atoms with E-state index in [0.717, 1.165) is 0 Å². The van der Waals surface area contributed by atoms with Crippen LogP contribution in [-0.4, -0.2) is 61.7 Å². The molecule has 2 aromatic rings. The van der Waals surface area contributed by atoms with Crippen LogP contribution in [0.4, 0.5) is 11.8 Å². The molecule has 2 heterocycles. The van der Waals surface area contributed by atoms with Gasteiger partial charge in [-0.15, -0.1) is 0 Å². The maximum atomic E-state index is 10.3. The van der Waals surface area contributed by atoms with E-state index < -0.39 is 24.2 Å². The van der Waals surface area contributed by atoms with E-state index in [1.54, 1.807) is 18.3 Å². The molecule has 9 nitrogen and oxygen atoms in total. The highest BCUT2D eigenvalue weighted by atomic mass is 35.5. The number of aliphatic hydroxyl groups is 3. The number of nitrogens with zero attached hydrogens (tertiary/aromatic N) is 3. The van der Waals surface area contributed by atoms with Crippen LogP contribution >= 0.6 is 11.6 Å². The van der Waals surface area contributed by atoms with E-state index in [9.17, 15) is 15.3 Å². The molecule has 6 N–H and O–H groups in total. The molecular formula is C17H22ClN5O4. The van der Waals surface area contributed by atoms with Crippen LogP contribution < -0.4 is 15.8 Å². The van der Waals surface area contributed by atoms with Crippen molar-refractivity contribution >= 4 is 23.4 Å². The van der Waals surface area contributed by atoms with Gasteiger partial charge in [-0.05, 0) is 19.4 Å². The van der Waals surface area contributed by atoms with Crippen LogP contribution in [0.3, 0.4) is 0 Å². The number of pyridine rings is 1. The maximum Gasteiger partial charge on any atom is 0.223 e. The average molecular weight is 396 g/mol. The van der Waals surface area contributed by atoms with Crippen LogP contribution in [0.25, 0.3) is 11.1 Å². The summed E-state index contributed by atoms with van der Waals surface area (Å²) in [6.07, 6.45) is -0.157. The lowest BCUT2D eigenvalue weighted by Gasteiger charge is -2.21. The molecule has 3 rings (SSSR count). The number of hydrogen-bond donors (Lipinski definition) is 5. The summed E-state index contributed by atoms with van der Waals surface area (Å²) in [5.74, 6) is 0.330. The van der Waals surface area contributed by atoms with Crippen LogP contribution in [0.15, 0.2) is 18.3 Å². The van der Waals surface area contributed by atoms with E-state index in [1.807, 2.05) is 6.92 Å². The van der Waals surface area contributed by atoms with Crippen LogP contribution in [0.1, 0.15) is 13.3 Å². The van der Waals surface area contributed by atoms with Gasteiger partial charge in [0.2, 0.25) is 11.8 Å². The second-order valence-electron chi connectivity index (χ2n) is 6.32. The standard InChI is InChI=1S/C17H22ClN5O4/c1-2-27-11-4-3-8(6-20-11)12-15(18)22-17(19)23-16(12)21-10-5-9(7-24)13(25)14(10)26/h3-4,6,9-10,13-14,24-26H,2,5,7H2,1H3,(H3,19,21,22,23)/t9-,10-,13-,14+/m1/s1. The van der Waals surface area contributed by atoms with E-state index in [0.29, 0.717) is 35.9 Å². The molecule has 0 aliphatic heterocycles. The fourth-order valence-corrected chi connectivity index (χ4v) is 3.48. The van der Waals surface area contributed by atoms with E-state index >= 15 is 0 Å². The molecule has 0 amide bonds. The molecule has 0 spiro atoms. The van der Waals surface area contributed by atoms with E-state index in [4.69, 9.17) is 22.1 Å². The molecule has 0 bridgehead atoms. The highest BCUT2D eigenvalue weighted by Crippen LogP contribution is 2.36. The number of anilines is 2. The summed E-state index contributed by atoms with van der Waals surface area (Å²) >= 11 is 6.29. The molecule has 27 heavy (non-hydrogen) atoms. The van der Waals surface area contributed by atoms with Gasteiger partial charge in [-0.3, -0.25) is 0 Å². The fourth-order valence-electron chi connectivity index (χ4n) is 3.20. The molecule has 0 aromatic carbocycles. The normalized spacial score (nSPS) is 24.8.